The summed E-state index contributed by atoms with van der Waals surface area (Å²) in [6.45, 7) is 5.46. The lowest BCUT2D eigenvalue weighted by Gasteiger charge is -2.31. The van der Waals surface area contributed by atoms with Crippen LogP contribution in [0.15, 0.2) is 85.2 Å². The van der Waals surface area contributed by atoms with E-state index in [0.717, 1.165) is 23.1 Å². The maximum Gasteiger partial charge on any atom is 0.147 e. The largest absolute Gasteiger partial charge is 0.493 e. The van der Waals surface area contributed by atoms with Gasteiger partial charge in [0.05, 0.1) is 26.1 Å². The van der Waals surface area contributed by atoms with Crippen LogP contribution >= 0.6 is 0 Å². The monoisotopic (exact) mass is 336 g/mol. The molecule has 0 saturated heterocycles. The number of ether oxygens (including phenoxy) is 3. The highest BCUT2D eigenvalue weighted by Gasteiger charge is 2.28. The molecule has 25 heavy (non-hydrogen) atoms. The number of rotatable bonds is 8. The summed E-state index contributed by atoms with van der Waals surface area (Å²) in [5.41, 5.74) is 3.36. The molecule has 3 rings (SSSR count). The van der Waals surface area contributed by atoms with Gasteiger partial charge in [0.1, 0.15) is 12.2 Å². The fourth-order valence-corrected chi connectivity index (χ4v) is 2.76. The molecule has 1 aliphatic rings. The Morgan fingerprint density at radius 3 is 2.24 bits per heavy atom. The maximum absolute atomic E-state index is 6.12. The van der Waals surface area contributed by atoms with Crippen molar-refractivity contribution in [2.45, 2.75) is 31.8 Å². The van der Waals surface area contributed by atoms with Gasteiger partial charge in [0.15, 0.2) is 0 Å². The Hall–Kier alpha value is -2.36. The van der Waals surface area contributed by atoms with E-state index >= 15 is 0 Å². The molecule has 0 radical (unpaired) electrons. The van der Waals surface area contributed by atoms with Crippen molar-refractivity contribution in [2.75, 3.05) is 6.61 Å². The van der Waals surface area contributed by atoms with Gasteiger partial charge in [-0.2, -0.15) is 0 Å². The van der Waals surface area contributed by atoms with Crippen LogP contribution in [0.5, 0.6) is 0 Å². The highest BCUT2D eigenvalue weighted by atomic mass is 16.6. The van der Waals surface area contributed by atoms with Gasteiger partial charge >= 0.3 is 0 Å². The Kier molecular flexibility index (Phi) is 6.43. The molecule has 0 saturated carbocycles. The molecule has 2 aromatic rings. The lowest BCUT2D eigenvalue weighted by Crippen LogP contribution is -2.37. The van der Waals surface area contributed by atoms with Gasteiger partial charge in [-0.3, -0.25) is 0 Å². The molecule has 0 unspecified atom stereocenters. The first-order valence-electron chi connectivity index (χ1n) is 8.59. The molecule has 0 aromatic heterocycles. The van der Waals surface area contributed by atoms with E-state index in [4.69, 9.17) is 14.2 Å². The van der Waals surface area contributed by atoms with Crippen molar-refractivity contribution in [3.63, 3.8) is 0 Å². The SMILES string of the molecule is C=CC1=CO[C@H](COCc2ccccc2)[C@H](OCc2ccccc2)C1. The van der Waals surface area contributed by atoms with Gasteiger partial charge in [0, 0.05) is 6.42 Å². The quantitative estimate of drug-likeness (QED) is 0.702. The van der Waals surface area contributed by atoms with E-state index in [1.807, 2.05) is 42.5 Å². The van der Waals surface area contributed by atoms with Gasteiger partial charge in [-0.05, 0) is 16.7 Å². The highest BCUT2D eigenvalue weighted by Crippen LogP contribution is 2.23. The third kappa shape index (κ3) is 5.31. The average Bonchev–Trinajstić information content (AvgIpc) is 2.68. The van der Waals surface area contributed by atoms with Crippen LogP contribution < -0.4 is 0 Å². The van der Waals surface area contributed by atoms with E-state index in [1.165, 1.54) is 0 Å². The van der Waals surface area contributed by atoms with Crippen LogP contribution in [0.3, 0.4) is 0 Å². The molecule has 130 valence electrons. The van der Waals surface area contributed by atoms with E-state index in [0.29, 0.717) is 19.8 Å². The van der Waals surface area contributed by atoms with Crippen LogP contribution in [-0.2, 0) is 27.4 Å². The van der Waals surface area contributed by atoms with Crippen LogP contribution in [0.4, 0.5) is 0 Å². The summed E-state index contributed by atoms with van der Waals surface area (Å²) in [5.74, 6) is 0. The number of hydrogen-bond acceptors (Lipinski definition) is 3. The first-order valence-corrected chi connectivity index (χ1v) is 8.59. The highest BCUT2D eigenvalue weighted by molar-refractivity contribution is 5.18. The zero-order valence-corrected chi connectivity index (χ0v) is 14.3. The summed E-state index contributed by atoms with van der Waals surface area (Å²) in [5, 5.41) is 0. The first kappa shape index (κ1) is 17.5. The summed E-state index contributed by atoms with van der Waals surface area (Å²) >= 11 is 0. The zero-order valence-electron chi connectivity index (χ0n) is 14.3. The fraction of sp³-hybridized carbons (Fsp3) is 0.273. The van der Waals surface area contributed by atoms with Gasteiger partial charge in [0.25, 0.3) is 0 Å². The lowest BCUT2D eigenvalue weighted by atomic mass is 10.0. The molecule has 0 amide bonds. The molecular formula is C22H24O3. The molecule has 0 bridgehead atoms. The second kappa shape index (κ2) is 9.21. The van der Waals surface area contributed by atoms with Crippen LogP contribution in [-0.4, -0.2) is 18.8 Å². The van der Waals surface area contributed by atoms with Gasteiger partial charge in [-0.15, -0.1) is 0 Å². The topological polar surface area (TPSA) is 27.7 Å². The number of allylic oxidation sites excluding steroid dienone is 1. The van der Waals surface area contributed by atoms with Crippen molar-refractivity contribution in [2.24, 2.45) is 0 Å². The van der Waals surface area contributed by atoms with Gasteiger partial charge < -0.3 is 14.2 Å². The predicted octanol–water partition coefficient (Wildman–Crippen LogP) is 4.65. The Morgan fingerprint density at radius 1 is 0.960 bits per heavy atom. The van der Waals surface area contributed by atoms with Gasteiger partial charge in [0.2, 0.25) is 0 Å². The van der Waals surface area contributed by atoms with Crippen molar-refractivity contribution in [1.29, 1.82) is 0 Å². The first-order chi connectivity index (χ1) is 12.3. The van der Waals surface area contributed by atoms with Crippen molar-refractivity contribution in [3.8, 4) is 0 Å². The molecule has 0 aliphatic carbocycles. The third-order valence-electron chi connectivity index (χ3n) is 4.21. The van der Waals surface area contributed by atoms with E-state index in [2.05, 4.69) is 30.8 Å². The minimum absolute atomic E-state index is 0.0472. The fourth-order valence-electron chi connectivity index (χ4n) is 2.76. The van der Waals surface area contributed by atoms with Crippen molar-refractivity contribution < 1.29 is 14.2 Å². The van der Waals surface area contributed by atoms with E-state index in [1.54, 1.807) is 6.26 Å². The van der Waals surface area contributed by atoms with E-state index in [9.17, 15) is 0 Å². The van der Waals surface area contributed by atoms with Crippen LogP contribution in [0.2, 0.25) is 0 Å². The molecule has 3 nitrogen and oxygen atoms in total. The molecule has 2 atom stereocenters. The number of hydrogen-bond donors (Lipinski definition) is 0. The molecule has 0 spiro atoms. The van der Waals surface area contributed by atoms with Crippen molar-refractivity contribution in [1.82, 2.24) is 0 Å². The minimum atomic E-state index is -0.115. The summed E-state index contributed by atoms with van der Waals surface area (Å²) in [7, 11) is 0. The molecule has 3 heteroatoms. The third-order valence-corrected chi connectivity index (χ3v) is 4.21. The Labute approximate surface area is 149 Å². The molecular weight excluding hydrogens is 312 g/mol. The zero-order chi connectivity index (χ0) is 17.3. The van der Waals surface area contributed by atoms with Crippen molar-refractivity contribution in [3.05, 3.63) is 96.3 Å². The van der Waals surface area contributed by atoms with Crippen LogP contribution in [0.25, 0.3) is 0 Å². The van der Waals surface area contributed by atoms with Gasteiger partial charge in [-0.25, -0.2) is 0 Å². The molecule has 1 aliphatic heterocycles. The molecule has 2 aromatic carbocycles. The normalized spacial score (nSPS) is 19.8. The van der Waals surface area contributed by atoms with Crippen LogP contribution in [0, 0.1) is 0 Å². The second-order valence-corrected chi connectivity index (χ2v) is 6.11. The standard InChI is InChI=1S/C22H24O3/c1-2-18-13-21(24-16-20-11-7-4-8-12-20)22(25-15-18)17-23-14-19-9-5-3-6-10-19/h2-12,15,21-22H,1,13-14,16-17H2/t21-,22-/m1/s1. The lowest BCUT2D eigenvalue weighted by molar-refractivity contribution is -0.0931. The van der Waals surface area contributed by atoms with E-state index < -0.39 is 0 Å². The Bertz CT molecular complexity index is 679. The summed E-state index contributed by atoms with van der Waals surface area (Å²) in [6.07, 6.45) is 4.21. The van der Waals surface area contributed by atoms with E-state index in [-0.39, 0.29) is 12.2 Å². The smallest absolute Gasteiger partial charge is 0.147 e. The molecule has 0 N–H and O–H groups in total. The minimum Gasteiger partial charge on any atom is -0.493 e. The number of benzene rings is 2. The Morgan fingerprint density at radius 2 is 1.60 bits per heavy atom. The Balaban J connectivity index is 1.55. The second-order valence-electron chi connectivity index (χ2n) is 6.11. The molecule has 1 heterocycles. The summed E-state index contributed by atoms with van der Waals surface area (Å²) in [4.78, 5) is 0. The average molecular weight is 336 g/mol. The summed E-state index contributed by atoms with van der Waals surface area (Å²) < 4.78 is 17.8. The van der Waals surface area contributed by atoms with Crippen LogP contribution in [0.1, 0.15) is 17.5 Å². The molecule has 0 fully saturated rings. The predicted molar refractivity (Wildman–Crippen MR) is 98.9 cm³/mol. The van der Waals surface area contributed by atoms with Gasteiger partial charge in [-0.1, -0.05) is 73.3 Å². The van der Waals surface area contributed by atoms with Crippen molar-refractivity contribution >= 4 is 0 Å². The summed E-state index contributed by atoms with van der Waals surface area (Å²) in [6, 6.07) is 20.3. The maximum atomic E-state index is 6.12.